The molecular weight excluding hydrogens is 534 g/mol. The van der Waals surface area contributed by atoms with Crippen LogP contribution in [0.5, 0.6) is 5.88 Å². The summed E-state index contributed by atoms with van der Waals surface area (Å²) in [6.45, 7) is 9.15. The highest BCUT2D eigenvalue weighted by atomic mass is 32.1. The van der Waals surface area contributed by atoms with Crippen LogP contribution >= 0.6 is 11.3 Å². The van der Waals surface area contributed by atoms with Crippen LogP contribution in [0.1, 0.15) is 99.2 Å². The summed E-state index contributed by atoms with van der Waals surface area (Å²) in [5.74, 6) is 6.62. The molecule has 8 heteroatoms. The number of carbonyl (C=O) groups excluding carboxylic acids is 1. The van der Waals surface area contributed by atoms with Gasteiger partial charge in [0.15, 0.2) is 0 Å². The van der Waals surface area contributed by atoms with Crippen LogP contribution in [0.25, 0.3) is 0 Å². The van der Waals surface area contributed by atoms with Gasteiger partial charge in [-0.05, 0) is 110 Å². The summed E-state index contributed by atoms with van der Waals surface area (Å²) in [5, 5.41) is 10.2. The fraction of sp³-hybridized carbons (Fsp3) is 0.606. The van der Waals surface area contributed by atoms with E-state index in [1.165, 1.54) is 11.3 Å². The first kappa shape index (κ1) is 31.1. The van der Waals surface area contributed by atoms with Crippen molar-refractivity contribution in [3.63, 3.8) is 0 Å². The van der Waals surface area contributed by atoms with E-state index in [-0.39, 0.29) is 34.3 Å². The largest absolute Gasteiger partial charge is 0.477 e. The topological polar surface area (TPSA) is 83.0 Å². The Balaban J connectivity index is 1.57. The maximum absolute atomic E-state index is 14.2. The molecule has 1 amide bonds. The molecule has 0 bridgehead atoms. The molecule has 2 saturated carbocycles. The minimum Gasteiger partial charge on any atom is -0.477 e. The number of nitrogens with zero attached hydrogens (tertiary/aromatic N) is 3. The predicted octanol–water partition coefficient (Wildman–Crippen LogP) is 6.85. The van der Waals surface area contributed by atoms with Crippen molar-refractivity contribution in [3.05, 3.63) is 39.7 Å². The monoisotopic (exact) mass is 579 g/mol. The second-order valence-electron chi connectivity index (χ2n) is 13.1. The van der Waals surface area contributed by atoms with E-state index in [0.717, 1.165) is 63.5 Å². The highest BCUT2D eigenvalue weighted by molar-refractivity contribution is 7.15. The minimum absolute atomic E-state index is 0.00969. The Morgan fingerprint density at radius 2 is 1.76 bits per heavy atom. The van der Waals surface area contributed by atoms with Gasteiger partial charge in [0, 0.05) is 36.2 Å². The average Bonchev–Trinajstić information content (AvgIpc) is 3.33. The van der Waals surface area contributed by atoms with Gasteiger partial charge < -0.3 is 19.6 Å². The van der Waals surface area contributed by atoms with Crippen LogP contribution in [0.4, 0.5) is 5.69 Å². The number of aromatic carboxylic acids is 1. The fourth-order valence-corrected chi connectivity index (χ4v) is 6.64. The number of carbonyl (C=O) groups is 2. The van der Waals surface area contributed by atoms with E-state index in [9.17, 15) is 14.7 Å². The zero-order chi connectivity index (χ0) is 29.7. The lowest BCUT2D eigenvalue weighted by molar-refractivity contribution is -0.124. The summed E-state index contributed by atoms with van der Waals surface area (Å²) in [5.41, 5.74) is 1.45. The number of rotatable bonds is 8. The van der Waals surface area contributed by atoms with Gasteiger partial charge in [0.1, 0.15) is 11.0 Å². The van der Waals surface area contributed by atoms with E-state index >= 15 is 0 Å². The third-order valence-corrected chi connectivity index (χ3v) is 8.95. The Labute approximate surface area is 249 Å². The number of carboxylic acids is 1. The van der Waals surface area contributed by atoms with Crippen molar-refractivity contribution in [2.45, 2.75) is 97.8 Å². The van der Waals surface area contributed by atoms with Crippen molar-refractivity contribution >= 4 is 28.9 Å². The Hall–Kier alpha value is -2.89. The average molecular weight is 580 g/mol. The molecule has 2 aromatic rings. The van der Waals surface area contributed by atoms with Crippen molar-refractivity contribution in [3.8, 4) is 17.7 Å². The first-order valence-electron chi connectivity index (χ1n) is 14.9. The van der Waals surface area contributed by atoms with Crippen LogP contribution in [0.15, 0.2) is 24.4 Å². The van der Waals surface area contributed by atoms with Gasteiger partial charge in [-0.1, -0.05) is 18.8 Å². The van der Waals surface area contributed by atoms with Crippen LogP contribution in [0.3, 0.4) is 0 Å². The van der Waals surface area contributed by atoms with E-state index < -0.39 is 5.97 Å². The van der Waals surface area contributed by atoms with Gasteiger partial charge in [0.2, 0.25) is 11.8 Å². The number of carboxylic acid groups (broad SMARTS) is 1. The lowest BCUT2D eigenvalue weighted by atomic mass is 9.81. The van der Waals surface area contributed by atoms with Crippen molar-refractivity contribution in [2.75, 3.05) is 19.0 Å². The zero-order valence-electron chi connectivity index (χ0n) is 25.4. The SMILES string of the molecule is CN(C)Cc1ccnc(O[C@H]2CC[C@H](N(c3cc(C#CC(C)(C)C)sc3C(=O)O)C(=O)[C@H]3CC[C@H](C)CC3)CC2)c1. The number of aromatic nitrogens is 1. The third-order valence-electron chi connectivity index (χ3n) is 7.92. The van der Waals surface area contributed by atoms with Gasteiger partial charge >= 0.3 is 5.97 Å². The van der Waals surface area contributed by atoms with Crippen molar-refractivity contribution in [1.29, 1.82) is 0 Å². The molecule has 0 spiro atoms. The van der Waals surface area contributed by atoms with E-state index in [1.54, 1.807) is 6.20 Å². The van der Waals surface area contributed by atoms with Crippen LogP contribution in [0.2, 0.25) is 0 Å². The maximum atomic E-state index is 14.2. The second-order valence-corrected chi connectivity index (χ2v) is 14.1. The number of anilines is 1. The number of hydrogen-bond donors (Lipinski definition) is 1. The second kappa shape index (κ2) is 13.4. The van der Waals surface area contributed by atoms with Crippen LogP contribution < -0.4 is 9.64 Å². The Morgan fingerprint density at radius 3 is 2.37 bits per heavy atom. The lowest BCUT2D eigenvalue weighted by Gasteiger charge is -2.39. The van der Waals surface area contributed by atoms with Gasteiger partial charge in [0.05, 0.1) is 10.6 Å². The van der Waals surface area contributed by atoms with Crippen molar-refractivity contribution < 1.29 is 19.4 Å². The molecule has 41 heavy (non-hydrogen) atoms. The summed E-state index contributed by atoms with van der Waals surface area (Å²) in [6, 6.07) is 5.75. The molecule has 1 N–H and O–H groups in total. The Kier molecular flexibility index (Phi) is 10.1. The number of thiophene rings is 1. The molecule has 2 aromatic heterocycles. The molecule has 0 aromatic carbocycles. The molecule has 2 aliphatic rings. The van der Waals surface area contributed by atoms with Gasteiger partial charge in [0.25, 0.3) is 0 Å². The predicted molar refractivity (Wildman–Crippen MR) is 165 cm³/mol. The first-order valence-corrected chi connectivity index (χ1v) is 15.7. The van der Waals surface area contributed by atoms with Gasteiger partial charge in [-0.15, -0.1) is 11.3 Å². The molecular formula is C33H45N3O4S. The quantitative estimate of drug-likeness (QED) is 0.345. The minimum atomic E-state index is -1.01. The summed E-state index contributed by atoms with van der Waals surface area (Å²) < 4.78 is 6.29. The summed E-state index contributed by atoms with van der Waals surface area (Å²) in [7, 11) is 4.07. The third kappa shape index (κ3) is 8.56. The molecule has 0 saturated heterocycles. The van der Waals surface area contributed by atoms with Gasteiger partial charge in [-0.2, -0.15) is 0 Å². The number of hydrogen-bond acceptors (Lipinski definition) is 6. The number of amides is 1. The summed E-state index contributed by atoms with van der Waals surface area (Å²) >= 11 is 1.17. The van der Waals surface area contributed by atoms with Crippen molar-refractivity contribution in [2.24, 2.45) is 17.3 Å². The molecule has 2 aliphatic carbocycles. The molecule has 0 aliphatic heterocycles. The molecule has 0 radical (unpaired) electrons. The standard InChI is InChI=1S/C33H45N3O4S/c1-22-7-9-24(10-8-22)31(37)36(28-20-27(15-17-33(2,3)4)41-30(28)32(38)39)25-11-13-26(14-12-25)40-29-19-23(16-18-34-29)21-35(5)6/h16,18-20,22,24-26H,7-14,21H2,1-6H3,(H,38,39)/t22-,24-,25-,26-. The number of ether oxygens (including phenoxy) is 1. The Bertz CT molecular complexity index is 1270. The fourth-order valence-electron chi connectivity index (χ4n) is 5.79. The number of pyridine rings is 1. The van der Waals surface area contributed by atoms with Crippen LogP contribution in [0, 0.1) is 29.1 Å². The molecule has 7 nitrogen and oxygen atoms in total. The van der Waals surface area contributed by atoms with Crippen LogP contribution in [-0.2, 0) is 11.3 Å². The highest BCUT2D eigenvalue weighted by Gasteiger charge is 2.38. The van der Waals surface area contributed by atoms with E-state index in [2.05, 4.69) is 28.6 Å². The molecule has 0 atom stereocenters. The summed E-state index contributed by atoms with van der Waals surface area (Å²) in [6.07, 6.45) is 8.61. The van der Waals surface area contributed by atoms with Crippen LogP contribution in [-0.4, -0.2) is 53.1 Å². The molecule has 4 rings (SSSR count). The highest BCUT2D eigenvalue weighted by Crippen LogP contribution is 2.39. The zero-order valence-corrected chi connectivity index (χ0v) is 26.2. The molecule has 2 heterocycles. The molecule has 222 valence electrons. The Morgan fingerprint density at radius 1 is 1.07 bits per heavy atom. The normalized spacial score (nSPS) is 23.0. The van der Waals surface area contributed by atoms with E-state index in [4.69, 9.17) is 4.74 Å². The molecule has 2 fully saturated rings. The first-order chi connectivity index (χ1) is 19.4. The lowest BCUT2D eigenvalue weighted by Crippen LogP contribution is -2.47. The maximum Gasteiger partial charge on any atom is 0.348 e. The van der Waals surface area contributed by atoms with E-state index in [1.807, 2.05) is 58.0 Å². The van der Waals surface area contributed by atoms with Crippen molar-refractivity contribution in [1.82, 2.24) is 9.88 Å². The van der Waals surface area contributed by atoms with E-state index in [0.29, 0.717) is 22.4 Å². The smallest absolute Gasteiger partial charge is 0.348 e. The van der Waals surface area contributed by atoms with Gasteiger partial charge in [-0.25, -0.2) is 9.78 Å². The summed E-state index contributed by atoms with van der Waals surface area (Å²) in [4.78, 5) is 35.8. The molecule has 0 unspecified atom stereocenters. The van der Waals surface area contributed by atoms with Gasteiger partial charge in [-0.3, -0.25) is 4.79 Å².